The minimum atomic E-state index is -0.0710. The van der Waals surface area contributed by atoms with Gasteiger partial charge >= 0.3 is 0 Å². The molecule has 1 aliphatic heterocycles. The van der Waals surface area contributed by atoms with Gasteiger partial charge in [-0.05, 0) is 24.8 Å². The molecule has 0 saturated carbocycles. The molecule has 0 fully saturated rings. The van der Waals surface area contributed by atoms with E-state index in [4.69, 9.17) is 4.74 Å². The zero-order chi connectivity index (χ0) is 15.0. The van der Waals surface area contributed by atoms with Crippen molar-refractivity contribution in [1.82, 2.24) is 9.47 Å². The second-order valence-electron chi connectivity index (χ2n) is 4.99. The van der Waals surface area contributed by atoms with E-state index in [2.05, 4.69) is 40.9 Å². The zero-order valence-corrected chi connectivity index (χ0v) is 13.4. The molecule has 0 spiro atoms. The average molecular weight is 302 g/mol. The molecule has 2 heterocycles. The first-order valence-electron chi connectivity index (χ1n) is 6.71. The molecule has 0 saturated heterocycles. The molecule has 2 aromatic rings. The molecule has 0 bridgehead atoms. The molecule has 1 aliphatic rings. The van der Waals surface area contributed by atoms with E-state index < -0.39 is 0 Å². The second-order valence-corrected chi connectivity index (χ2v) is 6.05. The van der Waals surface area contributed by atoms with Crippen LogP contribution in [-0.4, -0.2) is 29.1 Å². The Hall–Kier alpha value is -1.95. The standard InChI is InChI=1S/C15H18N4OS/c1-10-14(11-7-5-6-8-12(11)19(10)3)16-17-15-18(2)9-13(20-4)21-15/h5-9,15H,1-4H3. The Morgan fingerprint density at radius 1 is 1.24 bits per heavy atom. The second kappa shape index (κ2) is 5.44. The molecule has 1 aromatic heterocycles. The molecule has 0 N–H and O–H groups in total. The first kappa shape index (κ1) is 14.0. The molecular formula is C15H18N4OS. The number of azo groups is 1. The van der Waals surface area contributed by atoms with Crippen molar-refractivity contribution in [2.24, 2.45) is 17.3 Å². The lowest BCUT2D eigenvalue weighted by atomic mass is 10.2. The van der Waals surface area contributed by atoms with Gasteiger partial charge in [-0.3, -0.25) is 0 Å². The first-order valence-corrected chi connectivity index (χ1v) is 7.59. The summed E-state index contributed by atoms with van der Waals surface area (Å²) >= 11 is 1.55. The van der Waals surface area contributed by atoms with Gasteiger partial charge in [0.2, 0.25) is 0 Å². The normalized spacial score (nSPS) is 18.8. The van der Waals surface area contributed by atoms with Crippen molar-refractivity contribution in [1.29, 1.82) is 0 Å². The van der Waals surface area contributed by atoms with Crippen LogP contribution in [0.25, 0.3) is 10.9 Å². The lowest BCUT2D eigenvalue weighted by Gasteiger charge is -2.12. The number of aryl methyl sites for hydroxylation is 1. The van der Waals surface area contributed by atoms with E-state index in [9.17, 15) is 0 Å². The van der Waals surface area contributed by atoms with Crippen LogP contribution in [-0.2, 0) is 11.8 Å². The van der Waals surface area contributed by atoms with Crippen molar-refractivity contribution in [3.05, 3.63) is 41.3 Å². The molecule has 5 nitrogen and oxygen atoms in total. The van der Waals surface area contributed by atoms with Gasteiger partial charge in [-0.25, -0.2) is 0 Å². The third kappa shape index (κ3) is 2.40. The molecule has 6 heteroatoms. The summed E-state index contributed by atoms with van der Waals surface area (Å²) in [4.78, 5) is 1.99. The van der Waals surface area contributed by atoms with Crippen molar-refractivity contribution in [3.63, 3.8) is 0 Å². The predicted molar refractivity (Wildman–Crippen MR) is 86.4 cm³/mol. The van der Waals surface area contributed by atoms with Crippen molar-refractivity contribution in [2.75, 3.05) is 14.2 Å². The summed E-state index contributed by atoms with van der Waals surface area (Å²) in [6.45, 7) is 2.07. The van der Waals surface area contributed by atoms with E-state index >= 15 is 0 Å². The fraction of sp³-hybridized carbons (Fsp3) is 0.333. The highest BCUT2D eigenvalue weighted by atomic mass is 32.2. The van der Waals surface area contributed by atoms with E-state index in [1.54, 1.807) is 18.9 Å². The van der Waals surface area contributed by atoms with E-state index in [-0.39, 0.29) is 5.50 Å². The fourth-order valence-electron chi connectivity index (χ4n) is 2.39. The average Bonchev–Trinajstić information content (AvgIpc) is 2.97. The number of benzene rings is 1. The van der Waals surface area contributed by atoms with Crippen molar-refractivity contribution in [2.45, 2.75) is 12.4 Å². The summed E-state index contributed by atoms with van der Waals surface area (Å²) in [6.07, 6.45) is 1.93. The molecule has 1 aromatic carbocycles. The van der Waals surface area contributed by atoms with Gasteiger partial charge in [0.1, 0.15) is 5.69 Å². The third-order valence-electron chi connectivity index (χ3n) is 3.70. The van der Waals surface area contributed by atoms with Crippen molar-refractivity contribution in [3.8, 4) is 0 Å². The Kier molecular flexibility index (Phi) is 3.63. The SMILES string of the molecule is COC1=CN(C)C(N=Nc2c(C)n(C)c3ccccc23)S1. The monoisotopic (exact) mass is 302 g/mol. The van der Waals surface area contributed by atoms with Gasteiger partial charge in [0.05, 0.1) is 18.8 Å². The molecule has 21 heavy (non-hydrogen) atoms. The number of nitrogens with zero attached hydrogens (tertiary/aromatic N) is 4. The van der Waals surface area contributed by atoms with Crippen LogP contribution in [0.3, 0.4) is 0 Å². The van der Waals surface area contributed by atoms with Gasteiger partial charge in [-0.2, -0.15) is 10.2 Å². The van der Waals surface area contributed by atoms with E-state index in [1.165, 1.54) is 5.52 Å². The van der Waals surface area contributed by atoms with Gasteiger partial charge < -0.3 is 14.2 Å². The highest BCUT2D eigenvalue weighted by Crippen LogP contribution is 2.36. The first-order chi connectivity index (χ1) is 10.1. The van der Waals surface area contributed by atoms with E-state index in [0.29, 0.717) is 0 Å². The Balaban J connectivity index is 1.93. The predicted octanol–water partition coefficient (Wildman–Crippen LogP) is 3.98. The molecule has 0 radical (unpaired) electrons. The van der Waals surface area contributed by atoms with Crippen LogP contribution in [0.15, 0.2) is 45.8 Å². The number of thioether (sulfide) groups is 1. The van der Waals surface area contributed by atoms with Crippen molar-refractivity contribution >= 4 is 28.4 Å². The zero-order valence-electron chi connectivity index (χ0n) is 12.6. The fourth-order valence-corrected chi connectivity index (χ4v) is 3.24. The maximum atomic E-state index is 5.24. The van der Waals surface area contributed by atoms with Crippen LogP contribution in [0, 0.1) is 6.92 Å². The van der Waals surface area contributed by atoms with Gasteiger partial charge in [-0.15, -0.1) is 0 Å². The highest BCUT2D eigenvalue weighted by Gasteiger charge is 2.23. The summed E-state index contributed by atoms with van der Waals surface area (Å²) in [5.41, 5.74) is 3.16. The van der Waals surface area contributed by atoms with E-state index in [0.717, 1.165) is 21.9 Å². The molecule has 3 rings (SSSR count). The lowest BCUT2D eigenvalue weighted by molar-refractivity contribution is 0.318. The van der Waals surface area contributed by atoms with Gasteiger partial charge in [-0.1, -0.05) is 18.2 Å². The smallest absolute Gasteiger partial charge is 0.196 e. The van der Waals surface area contributed by atoms with Gasteiger partial charge in [0.15, 0.2) is 10.6 Å². The summed E-state index contributed by atoms with van der Waals surface area (Å²) in [7, 11) is 5.69. The van der Waals surface area contributed by atoms with Crippen LogP contribution in [0.4, 0.5) is 5.69 Å². The molecule has 0 amide bonds. The number of para-hydroxylation sites is 1. The molecule has 0 aliphatic carbocycles. The minimum Gasteiger partial charge on any atom is -0.489 e. The number of aromatic nitrogens is 1. The number of fused-ring (bicyclic) bond motifs is 1. The number of methoxy groups -OCH3 is 1. The maximum Gasteiger partial charge on any atom is 0.196 e. The molecule has 1 unspecified atom stereocenters. The number of hydrogen-bond acceptors (Lipinski definition) is 5. The molecular weight excluding hydrogens is 284 g/mol. The van der Waals surface area contributed by atoms with Crippen LogP contribution in [0.2, 0.25) is 0 Å². The van der Waals surface area contributed by atoms with Crippen LogP contribution < -0.4 is 0 Å². The Labute approximate surface area is 128 Å². The topological polar surface area (TPSA) is 42.1 Å². The quantitative estimate of drug-likeness (QED) is 0.805. The maximum absolute atomic E-state index is 5.24. The van der Waals surface area contributed by atoms with Gasteiger partial charge in [0, 0.05) is 25.2 Å². The van der Waals surface area contributed by atoms with Crippen LogP contribution in [0.5, 0.6) is 0 Å². The number of rotatable bonds is 3. The Morgan fingerprint density at radius 2 is 2.00 bits per heavy atom. The van der Waals surface area contributed by atoms with Gasteiger partial charge in [0.25, 0.3) is 0 Å². The number of hydrogen-bond donors (Lipinski definition) is 0. The summed E-state index contributed by atoms with van der Waals surface area (Å²) < 4.78 is 7.39. The largest absolute Gasteiger partial charge is 0.489 e. The number of ether oxygens (including phenoxy) is 1. The lowest BCUT2D eigenvalue weighted by Crippen LogP contribution is -2.16. The molecule has 110 valence electrons. The van der Waals surface area contributed by atoms with Crippen molar-refractivity contribution < 1.29 is 4.74 Å². The summed E-state index contributed by atoms with van der Waals surface area (Å²) in [5, 5.41) is 11.0. The third-order valence-corrected chi connectivity index (χ3v) is 4.85. The Bertz CT molecular complexity index is 735. The summed E-state index contributed by atoms with van der Waals surface area (Å²) in [6, 6.07) is 8.25. The minimum absolute atomic E-state index is 0.0710. The van der Waals surface area contributed by atoms with Crippen LogP contribution >= 0.6 is 11.8 Å². The highest BCUT2D eigenvalue weighted by molar-refractivity contribution is 8.03. The molecule has 1 atom stereocenters. The summed E-state index contributed by atoms with van der Waals surface area (Å²) in [5.74, 6) is 0. The Morgan fingerprint density at radius 3 is 2.71 bits per heavy atom. The van der Waals surface area contributed by atoms with Crippen LogP contribution in [0.1, 0.15) is 5.69 Å². The van der Waals surface area contributed by atoms with E-state index in [1.807, 2.05) is 30.3 Å².